The van der Waals surface area contributed by atoms with Crippen LogP contribution in [0.5, 0.6) is 0 Å². The van der Waals surface area contributed by atoms with Gasteiger partial charge in [0.1, 0.15) is 19.3 Å². The Kier molecular flexibility index (Phi) is 48.3. The fraction of sp³-hybridized carbons (Fsp3) is 0.705. The molecule has 0 radical (unpaired) electrons. The third-order valence-corrected chi connectivity index (χ3v) is 13.0. The van der Waals surface area contributed by atoms with Gasteiger partial charge in [-0.2, -0.15) is 0 Å². The predicted molar refractivity (Wildman–Crippen MR) is 304 cm³/mol. The lowest BCUT2D eigenvalue weighted by Crippen LogP contribution is -2.47. The number of amides is 1. The average Bonchev–Trinajstić information content (AvgIpc) is 3.33. The van der Waals surface area contributed by atoms with Crippen molar-refractivity contribution in [2.45, 2.75) is 238 Å². The van der Waals surface area contributed by atoms with Gasteiger partial charge in [-0.25, -0.2) is 4.57 Å². The zero-order chi connectivity index (χ0) is 52.2. The van der Waals surface area contributed by atoms with Crippen LogP contribution < -0.4 is 5.32 Å². The van der Waals surface area contributed by atoms with Crippen LogP contribution in [0.1, 0.15) is 226 Å². The summed E-state index contributed by atoms with van der Waals surface area (Å²) in [7, 11) is 1.45. The first kappa shape index (κ1) is 67.9. The Balaban J connectivity index is 5.40. The number of hydrogen-bond acceptors (Lipinski definition) is 6. The summed E-state index contributed by atoms with van der Waals surface area (Å²) in [6.45, 7) is 6.82. The zero-order valence-electron chi connectivity index (χ0n) is 46.4. The SMILES string of the molecule is CC/C=C\C/C=C\C/C=C\C/C=C\C/C=C\C/C=C\CCCCC(=O)OC(/C=C\CCCCCCCCCCC)C(COP(=O)(O)OCC[N+](C)(C)C)NC(=O)CCCCC/C=C\CCCCCCCC. The van der Waals surface area contributed by atoms with E-state index in [1.165, 1.54) is 83.5 Å². The minimum atomic E-state index is -4.46. The maximum absolute atomic E-state index is 13.5. The van der Waals surface area contributed by atoms with Gasteiger partial charge in [-0.15, -0.1) is 0 Å². The summed E-state index contributed by atoms with van der Waals surface area (Å²) in [5.41, 5.74) is 0. The highest BCUT2D eigenvalue weighted by molar-refractivity contribution is 7.47. The molecule has 0 fully saturated rings. The summed E-state index contributed by atoms with van der Waals surface area (Å²) in [5.74, 6) is -0.582. The molecule has 0 aliphatic carbocycles. The van der Waals surface area contributed by atoms with Gasteiger partial charge in [-0.1, -0.05) is 202 Å². The highest BCUT2D eigenvalue weighted by Gasteiger charge is 2.30. The highest BCUT2D eigenvalue weighted by atomic mass is 31.2. The van der Waals surface area contributed by atoms with Crippen molar-refractivity contribution in [3.63, 3.8) is 0 Å². The van der Waals surface area contributed by atoms with Crippen LogP contribution in [-0.2, 0) is 27.9 Å². The van der Waals surface area contributed by atoms with Gasteiger partial charge in [0.15, 0.2) is 0 Å². The largest absolute Gasteiger partial charge is 0.472 e. The molecule has 0 spiro atoms. The van der Waals surface area contributed by atoms with Gasteiger partial charge in [0.2, 0.25) is 5.91 Å². The number of nitrogens with zero attached hydrogens (tertiary/aromatic N) is 1. The number of likely N-dealkylation sites (N-methyl/N-ethyl adjacent to an activating group) is 1. The molecule has 10 heteroatoms. The van der Waals surface area contributed by atoms with Crippen molar-refractivity contribution in [2.24, 2.45) is 0 Å². The molecule has 0 bridgehead atoms. The average molecular weight is 1010 g/mol. The van der Waals surface area contributed by atoms with Crippen LogP contribution in [-0.4, -0.2) is 74.3 Å². The topological polar surface area (TPSA) is 111 Å². The van der Waals surface area contributed by atoms with Crippen molar-refractivity contribution in [3.8, 4) is 0 Å². The van der Waals surface area contributed by atoms with Gasteiger partial charge in [0.25, 0.3) is 0 Å². The quantitative estimate of drug-likeness (QED) is 0.0205. The number of carbonyl (C=O) groups excluding carboxylic acids is 2. The highest BCUT2D eigenvalue weighted by Crippen LogP contribution is 2.43. The third kappa shape index (κ3) is 51.6. The van der Waals surface area contributed by atoms with Crippen molar-refractivity contribution in [1.29, 1.82) is 0 Å². The number of hydrogen-bond donors (Lipinski definition) is 2. The van der Waals surface area contributed by atoms with Gasteiger partial charge in [-0.05, 0) is 109 Å². The number of ether oxygens (including phenoxy) is 1. The summed E-state index contributed by atoms with van der Waals surface area (Å²) in [5, 5.41) is 3.02. The van der Waals surface area contributed by atoms with E-state index in [-0.39, 0.29) is 31.5 Å². The molecule has 3 unspecified atom stereocenters. The lowest BCUT2D eigenvalue weighted by Gasteiger charge is -2.27. The molecule has 1 amide bonds. The molecular formula is C61H108N2O7P+. The Morgan fingerprint density at radius 3 is 1.38 bits per heavy atom. The molecule has 2 N–H and O–H groups in total. The van der Waals surface area contributed by atoms with Crippen LogP contribution in [0.2, 0.25) is 0 Å². The first-order valence-corrected chi connectivity index (χ1v) is 30.1. The Bertz CT molecular complexity index is 1540. The van der Waals surface area contributed by atoms with Crippen LogP contribution in [0.3, 0.4) is 0 Å². The van der Waals surface area contributed by atoms with E-state index in [2.05, 4.69) is 111 Å². The molecule has 0 aromatic carbocycles. The molecule has 0 aliphatic heterocycles. The van der Waals surface area contributed by atoms with Gasteiger partial charge >= 0.3 is 13.8 Å². The van der Waals surface area contributed by atoms with Crippen LogP contribution in [0.4, 0.5) is 0 Å². The lowest BCUT2D eigenvalue weighted by molar-refractivity contribution is -0.870. The van der Waals surface area contributed by atoms with Crippen LogP contribution in [0.25, 0.3) is 0 Å². The van der Waals surface area contributed by atoms with Crippen LogP contribution in [0.15, 0.2) is 97.2 Å². The minimum Gasteiger partial charge on any atom is -0.456 e. The van der Waals surface area contributed by atoms with Crippen molar-refractivity contribution in [3.05, 3.63) is 97.2 Å². The summed E-state index contributed by atoms with van der Waals surface area (Å²) < 4.78 is 30.5. The number of quaternary nitrogens is 1. The molecule has 408 valence electrons. The number of nitrogens with one attached hydrogen (secondary N) is 1. The van der Waals surface area contributed by atoms with E-state index in [0.29, 0.717) is 30.3 Å². The first-order valence-electron chi connectivity index (χ1n) is 28.6. The summed E-state index contributed by atoms with van der Waals surface area (Å²) in [4.78, 5) is 37.5. The Morgan fingerprint density at radius 2 is 0.901 bits per heavy atom. The molecule has 0 rings (SSSR count). The number of carbonyl (C=O) groups is 2. The van der Waals surface area contributed by atoms with E-state index >= 15 is 0 Å². The fourth-order valence-electron chi connectivity index (χ4n) is 7.58. The second kappa shape index (κ2) is 50.5. The van der Waals surface area contributed by atoms with E-state index in [0.717, 1.165) is 96.3 Å². The number of allylic oxidation sites excluding steroid dienone is 15. The minimum absolute atomic E-state index is 0.0260. The maximum atomic E-state index is 13.5. The monoisotopic (exact) mass is 1010 g/mol. The van der Waals surface area contributed by atoms with Crippen LogP contribution >= 0.6 is 7.82 Å². The molecule has 0 aromatic heterocycles. The smallest absolute Gasteiger partial charge is 0.456 e. The fourth-order valence-corrected chi connectivity index (χ4v) is 8.32. The number of unbranched alkanes of at least 4 members (excludes halogenated alkanes) is 20. The first-order chi connectivity index (χ1) is 34.4. The maximum Gasteiger partial charge on any atom is 0.472 e. The molecule has 0 aliphatic rings. The predicted octanol–water partition coefficient (Wildman–Crippen LogP) is 17.2. The summed E-state index contributed by atoms with van der Waals surface area (Å²) in [6, 6.07) is -0.878. The van der Waals surface area contributed by atoms with Gasteiger partial charge in [-0.3, -0.25) is 18.6 Å². The third-order valence-electron chi connectivity index (χ3n) is 12.0. The molecule has 0 saturated carbocycles. The van der Waals surface area contributed by atoms with Crippen molar-refractivity contribution >= 4 is 19.7 Å². The summed E-state index contributed by atoms with van der Waals surface area (Å²) >= 11 is 0. The van der Waals surface area contributed by atoms with Crippen molar-refractivity contribution in [1.82, 2.24) is 5.32 Å². The second-order valence-corrected chi connectivity index (χ2v) is 21.5. The summed E-state index contributed by atoms with van der Waals surface area (Å²) in [6.07, 6.45) is 66.9. The zero-order valence-corrected chi connectivity index (χ0v) is 47.3. The Labute approximate surface area is 437 Å². The van der Waals surface area contributed by atoms with E-state index in [9.17, 15) is 19.0 Å². The van der Waals surface area contributed by atoms with Gasteiger partial charge in [0, 0.05) is 12.8 Å². The Morgan fingerprint density at radius 1 is 0.507 bits per heavy atom. The number of phosphoric ester groups is 1. The molecule has 0 saturated heterocycles. The second-order valence-electron chi connectivity index (χ2n) is 20.1. The number of phosphoric acid groups is 1. The Hall–Kier alpha value is -3.07. The van der Waals surface area contributed by atoms with E-state index in [4.69, 9.17) is 13.8 Å². The number of esters is 1. The van der Waals surface area contributed by atoms with E-state index < -0.39 is 20.0 Å². The lowest BCUT2D eigenvalue weighted by atomic mass is 10.1. The van der Waals surface area contributed by atoms with E-state index in [1.807, 2.05) is 33.3 Å². The van der Waals surface area contributed by atoms with Crippen molar-refractivity contribution in [2.75, 3.05) is 40.9 Å². The molecule has 0 aromatic rings. The molecule has 71 heavy (non-hydrogen) atoms. The normalized spacial score (nSPS) is 14.5. The van der Waals surface area contributed by atoms with Gasteiger partial charge in [0.05, 0.1) is 33.8 Å². The molecular weight excluding hydrogens is 904 g/mol. The molecule has 3 atom stereocenters. The number of rotatable bonds is 50. The van der Waals surface area contributed by atoms with Crippen molar-refractivity contribution < 1.29 is 37.3 Å². The van der Waals surface area contributed by atoms with E-state index in [1.54, 1.807) is 0 Å². The van der Waals surface area contributed by atoms with Crippen LogP contribution in [0, 0.1) is 0 Å². The molecule has 9 nitrogen and oxygen atoms in total. The molecule has 0 heterocycles. The van der Waals surface area contributed by atoms with Gasteiger partial charge < -0.3 is 19.4 Å². The standard InChI is InChI=1S/C61H107N2O7P/c1-7-10-13-16-19-22-25-27-28-29-30-31-32-33-34-36-39-42-45-48-51-54-61(65)70-59(52-49-46-43-40-37-24-21-18-15-12-9-3)58(57-69-71(66,67)68-56-55-63(4,5)6)62-60(64)53-50-47-44-41-38-35-26-23-20-17-14-11-8-2/h10,13,19,22,27-28,30-31,33-35,38-39,42,49,52,58-59H,7-9,11-12,14-18,20-21,23-26,29,32,36-37,40-41,43-48,50-51,53-57H2,1-6H3,(H-,62,64,66,67)/p+1/b13-10-,22-19-,28-27-,31-30-,34-33-,38-35-,42-39-,52-49-.